The van der Waals surface area contributed by atoms with Crippen molar-refractivity contribution in [3.05, 3.63) is 83.8 Å². The first-order chi connectivity index (χ1) is 14.4. The number of carbonyl (C=O) groups excluding carboxylic acids is 1. The highest BCUT2D eigenvalue weighted by Gasteiger charge is 2.31. The summed E-state index contributed by atoms with van der Waals surface area (Å²) in [7, 11) is 0. The Morgan fingerprint density at radius 3 is 2.60 bits per heavy atom. The first kappa shape index (κ1) is 20.1. The van der Waals surface area contributed by atoms with Crippen LogP contribution in [0.25, 0.3) is 11.3 Å². The normalized spacial score (nSPS) is 17.0. The molecule has 0 spiro atoms. The molecule has 1 aliphatic rings. The van der Waals surface area contributed by atoms with E-state index in [0.717, 1.165) is 25.0 Å². The number of nitrogens with zero attached hydrogens (tertiary/aromatic N) is 3. The molecular formula is C23H20F3N3O. The molecule has 2 aromatic carbocycles. The van der Waals surface area contributed by atoms with Gasteiger partial charge in [-0.1, -0.05) is 30.3 Å². The summed E-state index contributed by atoms with van der Waals surface area (Å²) in [6.07, 6.45) is 0.369. The number of piperidine rings is 1. The molecule has 0 saturated carbocycles. The Morgan fingerprint density at radius 1 is 1.03 bits per heavy atom. The first-order valence-corrected chi connectivity index (χ1v) is 9.76. The van der Waals surface area contributed by atoms with Gasteiger partial charge in [0.25, 0.3) is 5.91 Å². The average molecular weight is 411 g/mol. The summed E-state index contributed by atoms with van der Waals surface area (Å²) >= 11 is 0. The van der Waals surface area contributed by atoms with Crippen LogP contribution in [0.15, 0.2) is 67.0 Å². The molecule has 1 aliphatic heterocycles. The molecular weight excluding hydrogens is 391 g/mol. The van der Waals surface area contributed by atoms with Crippen molar-refractivity contribution in [1.29, 1.82) is 0 Å². The Kier molecular flexibility index (Phi) is 5.53. The van der Waals surface area contributed by atoms with Crippen molar-refractivity contribution in [2.24, 2.45) is 0 Å². The second-order valence-electron chi connectivity index (χ2n) is 7.36. The van der Waals surface area contributed by atoms with Gasteiger partial charge in [-0.3, -0.25) is 9.78 Å². The van der Waals surface area contributed by atoms with E-state index in [1.165, 1.54) is 12.3 Å². The minimum absolute atomic E-state index is 0.00957. The molecule has 1 saturated heterocycles. The van der Waals surface area contributed by atoms with Crippen LogP contribution in [-0.4, -0.2) is 33.9 Å². The Bertz CT molecular complexity index is 1040. The zero-order valence-corrected chi connectivity index (χ0v) is 16.1. The highest BCUT2D eigenvalue weighted by molar-refractivity contribution is 5.94. The largest absolute Gasteiger partial charge is 0.416 e. The lowest BCUT2D eigenvalue weighted by molar-refractivity contribution is -0.137. The lowest BCUT2D eigenvalue weighted by atomic mass is 9.94. The van der Waals surface area contributed by atoms with E-state index in [2.05, 4.69) is 9.97 Å². The highest BCUT2D eigenvalue weighted by atomic mass is 19.4. The predicted molar refractivity (Wildman–Crippen MR) is 107 cm³/mol. The SMILES string of the molecule is O=C(c1ccccc1)N1CCC[C@H](c2cncc(-c3cccc(C(F)(F)F)c3)n2)C1. The van der Waals surface area contributed by atoms with Crippen LogP contribution in [0.4, 0.5) is 13.2 Å². The fraction of sp³-hybridized carbons (Fsp3) is 0.261. The number of hydrogen-bond acceptors (Lipinski definition) is 3. The van der Waals surface area contributed by atoms with Crippen molar-refractivity contribution in [2.75, 3.05) is 13.1 Å². The Balaban J connectivity index is 1.56. The Hall–Kier alpha value is -3.22. The fourth-order valence-corrected chi connectivity index (χ4v) is 3.74. The monoisotopic (exact) mass is 411 g/mol. The van der Waals surface area contributed by atoms with Crippen LogP contribution in [0.3, 0.4) is 0 Å². The standard InChI is InChI=1S/C23H20F3N3O/c24-23(25,26)19-10-4-8-17(12-19)20-13-27-14-21(28-20)18-9-5-11-29(15-18)22(30)16-6-2-1-3-7-16/h1-4,6-8,10,12-14,18H,5,9,11,15H2/t18-/m0/s1. The molecule has 7 heteroatoms. The molecule has 30 heavy (non-hydrogen) atoms. The van der Waals surface area contributed by atoms with E-state index in [9.17, 15) is 18.0 Å². The molecule has 3 aromatic rings. The number of amides is 1. The third-order valence-corrected chi connectivity index (χ3v) is 5.29. The molecule has 2 heterocycles. The molecule has 0 unspecified atom stereocenters. The molecule has 0 N–H and O–H groups in total. The van der Waals surface area contributed by atoms with E-state index in [1.807, 2.05) is 23.1 Å². The third kappa shape index (κ3) is 4.35. The third-order valence-electron chi connectivity index (χ3n) is 5.29. The predicted octanol–water partition coefficient (Wildman–Crippen LogP) is 5.18. The van der Waals surface area contributed by atoms with E-state index in [1.54, 1.807) is 24.4 Å². The summed E-state index contributed by atoms with van der Waals surface area (Å²) < 4.78 is 39.1. The van der Waals surface area contributed by atoms with E-state index < -0.39 is 11.7 Å². The number of hydrogen-bond donors (Lipinski definition) is 0. The van der Waals surface area contributed by atoms with Gasteiger partial charge in [-0.05, 0) is 37.1 Å². The van der Waals surface area contributed by atoms with Crippen LogP contribution in [0, 0.1) is 0 Å². The minimum atomic E-state index is -4.41. The topological polar surface area (TPSA) is 46.1 Å². The van der Waals surface area contributed by atoms with Gasteiger partial charge in [0, 0.05) is 36.3 Å². The maximum Gasteiger partial charge on any atom is 0.416 e. The van der Waals surface area contributed by atoms with Gasteiger partial charge < -0.3 is 4.90 Å². The summed E-state index contributed by atoms with van der Waals surface area (Å²) in [4.78, 5) is 23.4. The van der Waals surface area contributed by atoms with E-state index in [-0.39, 0.29) is 11.8 Å². The van der Waals surface area contributed by atoms with Crippen molar-refractivity contribution in [3.8, 4) is 11.3 Å². The molecule has 0 aliphatic carbocycles. The summed E-state index contributed by atoms with van der Waals surface area (Å²) in [5, 5.41) is 0. The number of alkyl halides is 3. The molecule has 0 radical (unpaired) electrons. The van der Waals surface area contributed by atoms with Crippen LogP contribution in [0.5, 0.6) is 0 Å². The summed E-state index contributed by atoms with van der Waals surface area (Å²) in [5.41, 5.74) is 1.37. The maximum atomic E-state index is 13.0. The summed E-state index contributed by atoms with van der Waals surface area (Å²) in [6.45, 7) is 1.18. The van der Waals surface area contributed by atoms with Gasteiger partial charge >= 0.3 is 6.18 Å². The lowest BCUT2D eigenvalue weighted by Crippen LogP contribution is -2.39. The van der Waals surface area contributed by atoms with E-state index in [0.29, 0.717) is 35.6 Å². The van der Waals surface area contributed by atoms with Crippen LogP contribution in [0.2, 0.25) is 0 Å². The molecule has 154 valence electrons. The van der Waals surface area contributed by atoms with Crippen molar-refractivity contribution in [3.63, 3.8) is 0 Å². The maximum absolute atomic E-state index is 13.0. The fourth-order valence-electron chi connectivity index (χ4n) is 3.74. The number of likely N-dealkylation sites (tertiary alicyclic amines) is 1. The van der Waals surface area contributed by atoms with Crippen molar-refractivity contribution in [1.82, 2.24) is 14.9 Å². The van der Waals surface area contributed by atoms with Crippen LogP contribution >= 0.6 is 0 Å². The van der Waals surface area contributed by atoms with Crippen LogP contribution in [0.1, 0.15) is 40.4 Å². The van der Waals surface area contributed by atoms with Gasteiger partial charge in [0.1, 0.15) is 0 Å². The smallest absolute Gasteiger partial charge is 0.338 e. The number of rotatable bonds is 3. The van der Waals surface area contributed by atoms with E-state index >= 15 is 0 Å². The number of halogens is 3. The van der Waals surface area contributed by atoms with Crippen LogP contribution in [-0.2, 0) is 6.18 Å². The minimum Gasteiger partial charge on any atom is -0.338 e. The second-order valence-corrected chi connectivity index (χ2v) is 7.36. The highest BCUT2D eigenvalue weighted by Crippen LogP contribution is 2.32. The molecule has 1 atom stereocenters. The van der Waals surface area contributed by atoms with Crippen molar-refractivity contribution in [2.45, 2.75) is 24.9 Å². The van der Waals surface area contributed by atoms with Gasteiger partial charge in [0.15, 0.2) is 0 Å². The van der Waals surface area contributed by atoms with Gasteiger partial charge in [-0.15, -0.1) is 0 Å². The average Bonchev–Trinajstić information content (AvgIpc) is 2.79. The quantitative estimate of drug-likeness (QED) is 0.596. The molecule has 1 amide bonds. The summed E-state index contributed by atoms with van der Waals surface area (Å²) in [6, 6.07) is 14.2. The van der Waals surface area contributed by atoms with E-state index in [4.69, 9.17) is 0 Å². The molecule has 4 nitrogen and oxygen atoms in total. The Labute approximate surface area is 172 Å². The summed E-state index contributed by atoms with van der Waals surface area (Å²) in [5.74, 6) is -0.0352. The second kappa shape index (κ2) is 8.26. The molecule has 1 fully saturated rings. The van der Waals surface area contributed by atoms with Crippen molar-refractivity contribution >= 4 is 5.91 Å². The Morgan fingerprint density at radius 2 is 1.83 bits per heavy atom. The number of benzene rings is 2. The first-order valence-electron chi connectivity index (χ1n) is 9.76. The zero-order valence-electron chi connectivity index (χ0n) is 16.1. The molecule has 4 rings (SSSR count). The molecule has 1 aromatic heterocycles. The van der Waals surface area contributed by atoms with Gasteiger partial charge in [-0.2, -0.15) is 13.2 Å². The van der Waals surface area contributed by atoms with Crippen molar-refractivity contribution < 1.29 is 18.0 Å². The number of carbonyl (C=O) groups is 1. The zero-order chi connectivity index (χ0) is 21.1. The lowest BCUT2D eigenvalue weighted by Gasteiger charge is -2.32. The van der Waals surface area contributed by atoms with Gasteiger partial charge in [0.05, 0.1) is 23.1 Å². The number of aromatic nitrogens is 2. The van der Waals surface area contributed by atoms with Crippen LogP contribution < -0.4 is 0 Å². The molecule has 0 bridgehead atoms. The van der Waals surface area contributed by atoms with Gasteiger partial charge in [0.2, 0.25) is 0 Å². The van der Waals surface area contributed by atoms with Gasteiger partial charge in [-0.25, -0.2) is 4.98 Å².